The second-order valence-electron chi connectivity index (χ2n) is 5.86. The Hall–Kier alpha value is -1.79. The van der Waals surface area contributed by atoms with Gasteiger partial charge >= 0.3 is 5.97 Å². The maximum absolute atomic E-state index is 12.3. The van der Waals surface area contributed by atoms with E-state index < -0.39 is 12.0 Å². The van der Waals surface area contributed by atoms with Crippen molar-refractivity contribution in [2.45, 2.75) is 38.3 Å². The van der Waals surface area contributed by atoms with Gasteiger partial charge in [-0.15, -0.1) is 0 Å². The molecule has 7 heteroatoms. The summed E-state index contributed by atoms with van der Waals surface area (Å²) in [6.45, 7) is 2.60. The van der Waals surface area contributed by atoms with Crippen LogP contribution in [0.2, 0.25) is 5.02 Å². The highest BCUT2D eigenvalue weighted by Gasteiger charge is 2.39. The number of hydrogen-bond donors (Lipinski definition) is 1. The molecule has 2 rings (SSSR count). The van der Waals surface area contributed by atoms with Gasteiger partial charge in [-0.05, 0) is 37.1 Å². The number of hydrogen-bond acceptors (Lipinski definition) is 4. The molecule has 6 nitrogen and oxygen atoms in total. The van der Waals surface area contributed by atoms with Gasteiger partial charge in [0.2, 0.25) is 5.91 Å². The van der Waals surface area contributed by atoms with Gasteiger partial charge in [-0.2, -0.15) is 0 Å². The number of benzene rings is 1. The highest BCUT2D eigenvalue weighted by Crippen LogP contribution is 2.23. The summed E-state index contributed by atoms with van der Waals surface area (Å²) in [4.78, 5) is 24.9. The summed E-state index contributed by atoms with van der Waals surface area (Å²) in [7, 11) is 1.53. The van der Waals surface area contributed by atoms with Crippen LogP contribution in [0, 0.1) is 6.92 Å². The van der Waals surface area contributed by atoms with Gasteiger partial charge in [-0.1, -0.05) is 11.6 Å². The third-order valence-electron chi connectivity index (χ3n) is 4.13. The zero-order valence-electron chi connectivity index (χ0n) is 13.8. The zero-order chi connectivity index (χ0) is 17.7. The number of aryl methyl sites for hydroxylation is 1. The lowest BCUT2D eigenvalue weighted by atomic mass is 10.2. The molecular weight excluding hydrogens is 334 g/mol. The van der Waals surface area contributed by atoms with Crippen molar-refractivity contribution in [1.29, 1.82) is 0 Å². The fourth-order valence-electron chi connectivity index (χ4n) is 2.74. The predicted molar refractivity (Wildman–Crippen MR) is 89.5 cm³/mol. The minimum absolute atomic E-state index is 0.183. The van der Waals surface area contributed by atoms with Crippen LogP contribution in [0.15, 0.2) is 18.2 Å². The van der Waals surface area contributed by atoms with E-state index in [4.69, 9.17) is 21.1 Å². The Balaban J connectivity index is 1.80. The van der Waals surface area contributed by atoms with E-state index in [9.17, 15) is 14.7 Å². The van der Waals surface area contributed by atoms with Crippen molar-refractivity contribution >= 4 is 23.5 Å². The monoisotopic (exact) mass is 355 g/mol. The molecule has 0 spiro atoms. The van der Waals surface area contributed by atoms with Gasteiger partial charge in [0.05, 0.1) is 12.7 Å². The summed E-state index contributed by atoms with van der Waals surface area (Å²) in [5, 5.41) is 9.91. The number of carboxylic acids is 1. The van der Waals surface area contributed by atoms with E-state index in [0.717, 1.165) is 5.56 Å². The number of ether oxygens (including phenoxy) is 2. The largest absolute Gasteiger partial charge is 0.494 e. The number of halogens is 1. The van der Waals surface area contributed by atoms with Gasteiger partial charge in [0, 0.05) is 31.5 Å². The summed E-state index contributed by atoms with van der Waals surface area (Å²) in [6, 6.07) is 4.58. The second-order valence-corrected chi connectivity index (χ2v) is 6.26. The number of likely N-dealkylation sites (tertiary alicyclic amines) is 1. The molecule has 1 heterocycles. The van der Waals surface area contributed by atoms with Crippen molar-refractivity contribution in [3.05, 3.63) is 28.8 Å². The molecule has 0 radical (unpaired) electrons. The van der Waals surface area contributed by atoms with Gasteiger partial charge in [0.15, 0.2) is 0 Å². The molecule has 2 unspecified atom stereocenters. The van der Waals surface area contributed by atoms with E-state index in [0.29, 0.717) is 36.8 Å². The van der Waals surface area contributed by atoms with Crippen LogP contribution < -0.4 is 4.74 Å². The van der Waals surface area contributed by atoms with Crippen LogP contribution in [-0.2, 0) is 14.3 Å². The topological polar surface area (TPSA) is 76.1 Å². The van der Waals surface area contributed by atoms with Gasteiger partial charge in [0.25, 0.3) is 0 Å². The van der Waals surface area contributed by atoms with Crippen LogP contribution in [0.3, 0.4) is 0 Å². The van der Waals surface area contributed by atoms with E-state index in [2.05, 4.69) is 0 Å². The molecule has 0 bridgehead atoms. The first-order valence-electron chi connectivity index (χ1n) is 7.86. The highest BCUT2D eigenvalue weighted by atomic mass is 35.5. The van der Waals surface area contributed by atoms with Crippen LogP contribution in [-0.4, -0.2) is 54.3 Å². The zero-order valence-corrected chi connectivity index (χ0v) is 14.6. The Morgan fingerprint density at radius 2 is 2.17 bits per heavy atom. The van der Waals surface area contributed by atoms with Crippen molar-refractivity contribution < 1.29 is 24.2 Å². The fourth-order valence-corrected chi connectivity index (χ4v) is 2.86. The molecule has 1 aromatic carbocycles. The van der Waals surface area contributed by atoms with Crippen LogP contribution in [0.1, 0.15) is 24.8 Å². The Morgan fingerprint density at radius 1 is 1.42 bits per heavy atom. The highest BCUT2D eigenvalue weighted by molar-refractivity contribution is 6.31. The number of carboxylic acid groups (broad SMARTS) is 1. The molecule has 132 valence electrons. The quantitative estimate of drug-likeness (QED) is 0.760. The van der Waals surface area contributed by atoms with E-state index in [-0.39, 0.29) is 18.4 Å². The molecule has 2 atom stereocenters. The van der Waals surface area contributed by atoms with Gasteiger partial charge in [-0.25, -0.2) is 4.79 Å². The van der Waals surface area contributed by atoms with Crippen molar-refractivity contribution in [3.63, 3.8) is 0 Å². The second kappa shape index (κ2) is 8.35. The maximum atomic E-state index is 12.3. The lowest BCUT2D eigenvalue weighted by molar-refractivity contribution is -0.148. The average Bonchev–Trinajstić information content (AvgIpc) is 2.99. The third kappa shape index (κ3) is 4.61. The normalized spacial score (nSPS) is 20.2. The molecule has 1 aromatic rings. The van der Waals surface area contributed by atoms with Crippen molar-refractivity contribution in [3.8, 4) is 5.75 Å². The van der Waals surface area contributed by atoms with Crippen molar-refractivity contribution in [2.75, 3.05) is 20.3 Å². The number of nitrogens with zero attached hydrogens (tertiary/aromatic N) is 1. The SMILES string of the molecule is COC1CC(C(=O)O)N(C(=O)CCCOc2ccc(Cl)c(C)c2)C1. The first-order chi connectivity index (χ1) is 11.4. The molecule has 24 heavy (non-hydrogen) atoms. The lowest BCUT2D eigenvalue weighted by Crippen LogP contribution is -2.40. The van der Waals surface area contributed by atoms with Gasteiger partial charge < -0.3 is 19.5 Å². The summed E-state index contributed by atoms with van der Waals surface area (Å²) < 4.78 is 10.8. The minimum Gasteiger partial charge on any atom is -0.494 e. The molecule has 0 aromatic heterocycles. The summed E-state index contributed by atoms with van der Waals surface area (Å²) >= 11 is 5.96. The Labute approximate surface area is 146 Å². The Bertz CT molecular complexity index is 607. The summed E-state index contributed by atoms with van der Waals surface area (Å²) in [6.07, 6.45) is 0.870. The van der Waals surface area contributed by atoms with Crippen LogP contribution in [0.25, 0.3) is 0 Å². The van der Waals surface area contributed by atoms with Crippen LogP contribution in [0.4, 0.5) is 0 Å². The van der Waals surface area contributed by atoms with E-state index in [1.54, 1.807) is 12.1 Å². The molecular formula is C17H22ClNO5. The molecule has 0 aliphatic carbocycles. The van der Waals surface area contributed by atoms with Gasteiger partial charge in [-0.3, -0.25) is 4.79 Å². The Kier molecular flexibility index (Phi) is 6.45. The molecule has 1 fully saturated rings. The number of rotatable bonds is 7. The Morgan fingerprint density at radius 3 is 2.79 bits per heavy atom. The molecule has 1 N–H and O–H groups in total. The molecule has 1 aliphatic rings. The first kappa shape index (κ1) is 18.5. The van der Waals surface area contributed by atoms with Crippen LogP contribution in [0.5, 0.6) is 5.75 Å². The van der Waals surface area contributed by atoms with Crippen LogP contribution >= 0.6 is 11.6 Å². The van der Waals surface area contributed by atoms with Gasteiger partial charge in [0.1, 0.15) is 11.8 Å². The molecule has 1 amide bonds. The molecule has 0 saturated carbocycles. The predicted octanol–water partition coefficient (Wildman–Crippen LogP) is 2.51. The number of aliphatic carboxylic acids is 1. The summed E-state index contributed by atoms with van der Waals surface area (Å²) in [5.41, 5.74) is 0.928. The third-order valence-corrected chi connectivity index (χ3v) is 4.56. The average molecular weight is 356 g/mol. The smallest absolute Gasteiger partial charge is 0.326 e. The van der Waals surface area contributed by atoms with Crippen molar-refractivity contribution in [1.82, 2.24) is 4.90 Å². The standard InChI is InChI=1S/C17H22ClNO5/c1-11-8-12(5-6-14(11)18)24-7-3-4-16(20)19-10-13(23-2)9-15(19)17(21)22/h5-6,8,13,15H,3-4,7,9-10H2,1-2H3,(H,21,22). The number of carbonyl (C=O) groups is 2. The number of amides is 1. The number of carbonyl (C=O) groups excluding carboxylic acids is 1. The lowest BCUT2D eigenvalue weighted by Gasteiger charge is -2.21. The fraction of sp³-hybridized carbons (Fsp3) is 0.529. The minimum atomic E-state index is -0.990. The first-order valence-corrected chi connectivity index (χ1v) is 8.24. The van der Waals surface area contributed by atoms with E-state index in [1.807, 2.05) is 13.0 Å². The number of methoxy groups -OCH3 is 1. The molecule has 1 aliphatic heterocycles. The van der Waals surface area contributed by atoms with E-state index in [1.165, 1.54) is 12.0 Å². The molecule has 1 saturated heterocycles. The summed E-state index contributed by atoms with van der Waals surface area (Å²) in [5.74, 6) is -0.470. The van der Waals surface area contributed by atoms with E-state index >= 15 is 0 Å². The van der Waals surface area contributed by atoms with Crippen molar-refractivity contribution in [2.24, 2.45) is 0 Å². The maximum Gasteiger partial charge on any atom is 0.326 e.